The van der Waals surface area contributed by atoms with Crippen molar-refractivity contribution >= 4 is 41.3 Å². The summed E-state index contributed by atoms with van der Waals surface area (Å²) in [6, 6.07) is 9.63. The molecule has 0 amide bonds. The third-order valence-electron chi connectivity index (χ3n) is 3.42. The Hall–Kier alpha value is -1.32. The Morgan fingerprint density at radius 3 is 2.73 bits per heavy atom. The lowest BCUT2D eigenvalue weighted by Crippen LogP contribution is -2.39. The van der Waals surface area contributed by atoms with Gasteiger partial charge in [-0.05, 0) is 60.9 Å². The Bertz CT molecular complexity index is 663. The molecule has 1 atom stereocenters. The molecule has 3 N–H and O–H groups in total. The van der Waals surface area contributed by atoms with Gasteiger partial charge >= 0.3 is 0 Å². The number of hydrogen-bond acceptors (Lipinski definition) is 4. The Labute approximate surface area is 176 Å². The molecule has 0 aliphatic carbocycles. The van der Waals surface area contributed by atoms with Gasteiger partial charge in [0.2, 0.25) is 0 Å². The monoisotopic (exact) mass is 489 g/mol. The zero-order valence-electron chi connectivity index (χ0n) is 15.4. The summed E-state index contributed by atoms with van der Waals surface area (Å²) >= 11 is 1.66. The van der Waals surface area contributed by atoms with Gasteiger partial charge in [-0.15, -0.1) is 24.0 Å². The molecule has 1 unspecified atom stereocenters. The zero-order valence-corrected chi connectivity index (χ0v) is 18.6. The number of ether oxygens (including phenoxy) is 1. The van der Waals surface area contributed by atoms with E-state index in [1.165, 1.54) is 5.56 Å². The molecule has 5 nitrogen and oxygen atoms in total. The first-order chi connectivity index (χ1) is 12.1. The third kappa shape index (κ3) is 7.92. The summed E-state index contributed by atoms with van der Waals surface area (Å²) in [7, 11) is 0. The smallest absolute Gasteiger partial charge is 0.191 e. The fourth-order valence-electron chi connectivity index (χ4n) is 2.27. The first kappa shape index (κ1) is 22.7. The van der Waals surface area contributed by atoms with Gasteiger partial charge in [0.05, 0.1) is 18.8 Å². The highest BCUT2D eigenvalue weighted by atomic mass is 127. The van der Waals surface area contributed by atoms with Crippen molar-refractivity contribution in [1.82, 2.24) is 10.6 Å². The molecule has 0 fully saturated rings. The number of nitrogens with one attached hydrogen (secondary N) is 2. The number of benzene rings is 1. The summed E-state index contributed by atoms with van der Waals surface area (Å²) in [5.41, 5.74) is 2.00. The van der Waals surface area contributed by atoms with Crippen molar-refractivity contribution in [3.63, 3.8) is 0 Å². The molecule has 1 heterocycles. The van der Waals surface area contributed by atoms with Gasteiger partial charge in [-0.2, -0.15) is 11.3 Å². The van der Waals surface area contributed by atoms with Gasteiger partial charge in [-0.3, -0.25) is 0 Å². The maximum atomic E-state index is 10.4. The number of aliphatic hydroxyl groups excluding tert-OH is 1. The van der Waals surface area contributed by atoms with E-state index in [1.807, 2.05) is 50.4 Å². The van der Waals surface area contributed by atoms with Crippen LogP contribution >= 0.6 is 35.3 Å². The van der Waals surface area contributed by atoms with Crippen molar-refractivity contribution in [2.75, 3.05) is 13.1 Å². The zero-order chi connectivity index (χ0) is 18.1. The number of hydrogen-bond donors (Lipinski definition) is 3. The minimum atomic E-state index is -0.638. The molecular weight excluding hydrogens is 461 g/mol. The lowest BCUT2D eigenvalue weighted by atomic mass is 10.1. The minimum absolute atomic E-state index is 0. The number of thiophene rings is 1. The fourth-order valence-corrected chi connectivity index (χ4v) is 2.93. The number of rotatable bonds is 8. The average molecular weight is 489 g/mol. The normalized spacial score (nSPS) is 12.4. The summed E-state index contributed by atoms with van der Waals surface area (Å²) in [5.74, 6) is 1.46. The number of nitrogens with zero attached hydrogens (tertiary/aromatic N) is 1. The number of halogens is 1. The molecule has 1 aromatic heterocycles. The van der Waals surface area contributed by atoms with E-state index in [4.69, 9.17) is 4.74 Å². The molecule has 7 heteroatoms. The van der Waals surface area contributed by atoms with Crippen LogP contribution in [0.3, 0.4) is 0 Å². The van der Waals surface area contributed by atoms with Crippen LogP contribution in [0.1, 0.15) is 38.0 Å². The standard InChI is InChI=1S/C19H27N3O2S.HI/c1-4-20-19(21-11-15-8-9-25-13-15)22-12-18(23)16-6-5-7-17(10-16)24-14(2)3;/h5-10,13-14,18,23H,4,11-12H2,1-3H3,(H2,20,21,22);1H. The predicted molar refractivity (Wildman–Crippen MR) is 120 cm³/mol. The molecule has 144 valence electrons. The minimum Gasteiger partial charge on any atom is -0.491 e. The highest BCUT2D eigenvalue weighted by Gasteiger charge is 2.10. The molecule has 0 radical (unpaired) electrons. The molecule has 2 rings (SSSR count). The summed E-state index contributed by atoms with van der Waals surface area (Å²) < 4.78 is 5.68. The predicted octanol–water partition coefficient (Wildman–Crippen LogP) is 3.94. The van der Waals surface area contributed by atoms with Crippen molar-refractivity contribution < 1.29 is 9.84 Å². The highest BCUT2D eigenvalue weighted by molar-refractivity contribution is 14.0. The van der Waals surface area contributed by atoms with E-state index in [0.717, 1.165) is 17.9 Å². The Kier molecular flexibility index (Phi) is 10.6. The summed E-state index contributed by atoms with van der Waals surface area (Å²) in [5, 5.41) is 21.0. The van der Waals surface area contributed by atoms with E-state index >= 15 is 0 Å². The second kappa shape index (κ2) is 12.1. The van der Waals surface area contributed by atoms with Crippen LogP contribution < -0.4 is 15.4 Å². The van der Waals surface area contributed by atoms with E-state index in [1.54, 1.807) is 11.3 Å². The van der Waals surface area contributed by atoms with Crippen LogP contribution in [0.15, 0.2) is 46.1 Å². The lowest BCUT2D eigenvalue weighted by Gasteiger charge is -2.17. The fraction of sp³-hybridized carbons (Fsp3) is 0.421. The van der Waals surface area contributed by atoms with E-state index in [9.17, 15) is 5.11 Å². The van der Waals surface area contributed by atoms with Gasteiger partial charge in [0.15, 0.2) is 5.96 Å². The van der Waals surface area contributed by atoms with E-state index in [0.29, 0.717) is 19.0 Å². The molecule has 0 saturated carbocycles. The molecule has 0 saturated heterocycles. The Morgan fingerprint density at radius 2 is 2.08 bits per heavy atom. The maximum absolute atomic E-state index is 10.4. The molecule has 0 aliphatic rings. The van der Waals surface area contributed by atoms with Gasteiger partial charge in [0, 0.05) is 13.1 Å². The van der Waals surface area contributed by atoms with Crippen LogP contribution in [0.5, 0.6) is 5.75 Å². The number of aliphatic imine (C=N–C) groups is 1. The molecular formula is C19H28IN3O2S. The maximum Gasteiger partial charge on any atom is 0.191 e. The van der Waals surface area contributed by atoms with Crippen molar-refractivity contribution in [2.45, 2.75) is 39.5 Å². The van der Waals surface area contributed by atoms with Crippen LogP contribution in [0.4, 0.5) is 0 Å². The Morgan fingerprint density at radius 1 is 1.27 bits per heavy atom. The lowest BCUT2D eigenvalue weighted by molar-refractivity contribution is 0.179. The summed E-state index contributed by atoms with van der Waals surface area (Å²) in [6.45, 7) is 7.75. The van der Waals surface area contributed by atoms with Crippen LogP contribution in [0.2, 0.25) is 0 Å². The van der Waals surface area contributed by atoms with Crippen LogP contribution in [-0.4, -0.2) is 30.3 Å². The molecule has 0 bridgehead atoms. The van der Waals surface area contributed by atoms with Gasteiger partial charge in [0.1, 0.15) is 5.75 Å². The number of aliphatic hydroxyl groups is 1. The van der Waals surface area contributed by atoms with Gasteiger partial charge in [-0.1, -0.05) is 12.1 Å². The SMILES string of the molecule is CCNC(=NCc1ccsc1)NCC(O)c1cccc(OC(C)C)c1.I. The van der Waals surface area contributed by atoms with Crippen molar-refractivity contribution in [2.24, 2.45) is 4.99 Å². The second-order valence-corrected chi connectivity index (χ2v) is 6.74. The first-order valence-electron chi connectivity index (χ1n) is 8.56. The summed E-state index contributed by atoms with van der Waals surface area (Å²) in [6.07, 6.45) is -0.532. The topological polar surface area (TPSA) is 65.9 Å². The van der Waals surface area contributed by atoms with Crippen LogP contribution in [0.25, 0.3) is 0 Å². The van der Waals surface area contributed by atoms with Gasteiger partial charge in [-0.25, -0.2) is 4.99 Å². The first-order valence-corrected chi connectivity index (χ1v) is 9.50. The molecule has 26 heavy (non-hydrogen) atoms. The van der Waals surface area contributed by atoms with Crippen LogP contribution in [0, 0.1) is 0 Å². The van der Waals surface area contributed by atoms with E-state index < -0.39 is 6.10 Å². The largest absolute Gasteiger partial charge is 0.491 e. The third-order valence-corrected chi connectivity index (χ3v) is 4.15. The van der Waals surface area contributed by atoms with E-state index in [-0.39, 0.29) is 30.1 Å². The van der Waals surface area contributed by atoms with Crippen molar-refractivity contribution in [3.05, 3.63) is 52.2 Å². The second-order valence-electron chi connectivity index (χ2n) is 5.96. The highest BCUT2D eigenvalue weighted by Crippen LogP contribution is 2.20. The molecule has 0 spiro atoms. The average Bonchev–Trinajstić information content (AvgIpc) is 3.10. The number of guanidine groups is 1. The van der Waals surface area contributed by atoms with Gasteiger partial charge in [0.25, 0.3) is 0 Å². The Balaban J connectivity index is 0.00000338. The molecule has 1 aromatic carbocycles. The molecule has 0 aliphatic heterocycles. The quantitative estimate of drug-likeness (QED) is 0.299. The van der Waals surface area contributed by atoms with Crippen molar-refractivity contribution in [3.8, 4) is 5.75 Å². The van der Waals surface area contributed by atoms with Gasteiger partial charge < -0.3 is 20.5 Å². The molecule has 2 aromatic rings. The van der Waals surface area contributed by atoms with Crippen LogP contribution in [-0.2, 0) is 6.54 Å². The van der Waals surface area contributed by atoms with Crippen molar-refractivity contribution in [1.29, 1.82) is 0 Å². The van der Waals surface area contributed by atoms with E-state index in [2.05, 4.69) is 27.1 Å². The summed E-state index contributed by atoms with van der Waals surface area (Å²) in [4.78, 5) is 4.54.